The van der Waals surface area contributed by atoms with Crippen LogP contribution in [0.25, 0.3) is 0 Å². The lowest BCUT2D eigenvalue weighted by Gasteiger charge is -2.14. The van der Waals surface area contributed by atoms with Crippen LogP contribution in [0.15, 0.2) is 27.1 Å². The summed E-state index contributed by atoms with van der Waals surface area (Å²) >= 11 is 7.00. The van der Waals surface area contributed by atoms with E-state index in [9.17, 15) is 0 Å². The first kappa shape index (κ1) is 15.3. The Hall–Kier alpha value is -1.14. The molecular formula is C14H16Br2N4. The molecule has 2 N–H and O–H groups in total. The molecular weight excluding hydrogens is 384 g/mol. The van der Waals surface area contributed by atoms with E-state index in [1.54, 1.807) is 0 Å². The molecule has 0 unspecified atom stereocenters. The maximum atomic E-state index is 4.56. The van der Waals surface area contributed by atoms with Crippen molar-refractivity contribution in [2.24, 2.45) is 0 Å². The maximum absolute atomic E-state index is 4.56. The second kappa shape index (κ2) is 6.54. The summed E-state index contributed by atoms with van der Waals surface area (Å²) < 4.78 is 2.01. The van der Waals surface area contributed by atoms with Gasteiger partial charge < -0.3 is 10.6 Å². The molecule has 106 valence electrons. The van der Waals surface area contributed by atoms with Crippen molar-refractivity contribution in [3.05, 3.63) is 38.5 Å². The third kappa shape index (κ3) is 3.30. The molecule has 0 bridgehead atoms. The van der Waals surface area contributed by atoms with E-state index in [1.807, 2.05) is 39.1 Å². The Morgan fingerprint density at radius 2 is 1.85 bits per heavy atom. The smallest absolute Gasteiger partial charge is 0.139 e. The third-order valence-electron chi connectivity index (χ3n) is 2.93. The number of nitrogens with zero attached hydrogens (tertiary/aromatic N) is 2. The highest BCUT2D eigenvalue weighted by Gasteiger charge is 2.10. The molecule has 2 rings (SSSR count). The average molecular weight is 400 g/mol. The third-order valence-corrected chi connectivity index (χ3v) is 4.08. The molecule has 0 spiro atoms. The largest absolute Gasteiger partial charge is 0.373 e. The Morgan fingerprint density at radius 1 is 1.15 bits per heavy atom. The van der Waals surface area contributed by atoms with Crippen LogP contribution in [0.1, 0.15) is 18.3 Å². The minimum atomic E-state index is 0.797. The van der Waals surface area contributed by atoms with Gasteiger partial charge in [-0.3, -0.25) is 0 Å². The number of hydrogen-bond acceptors (Lipinski definition) is 4. The highest BCUT2D eigenvalue weighted by molar-refractivity contribution is 9.11. The van der Waals surface area contributed by atoms with Crippen LogP contribution in [0, 0.1) is 6.92 Å². The zero-order valence-electron chi connectivity index (χ0n) is 11.6. The Bertz CT molecular complexity index is 629. The van der Waals surface area contributed by atoms with Gasteiger partial charge in [-0.15, -0.1) is 0 Å². The van der Waals surface area contributed by atoms with Crippen molar-refractivity contribution in [1.29, 1.82) is 0 Å². The zero-order valence-corrected chi connectivity index (χ0v) is 14.8. The van der Waals surface area contributed by atoms with Crippen LogP contribution in [0.2, 0.25) is 0 Å². The van der Waals surface area contributed by atoms with Gasteiger partial charge in [-0.2, -0.15) is 0 Å². The van der Waals surface area contributed by atoms with Crippen LogP contribution in [0.4, 0.5) is 17.3 Å². The van der Waals surface area contributed by atoms with E-state index in [0.717, 1.165) is 44.1 Å². The van der Waals surface area contributed by atoms with Gasteiger partial charge in [0.05, 0.1) is 5.69 Å². The fourth-order valence-corrected chi connectivity index (χ4v) is 2.95. The summed E-state index contributed by atoms with van der Waals surface area (Å²) in [5, 5.41) is 6.47. The number of aryl methyl sites for hydroxylation is 1. The molecule has 20 heavy (non-hydrogen) atoms. The molecule has 0 radical (unpaired) electrons. The van der Waals surface area contributed by atoms with Gasteiger partial charge in [0.1, 0.15) is 17.5 Å². The van der Waals surface area contributed by atoms with Crippen molar-refractivity contribution in [2.45, 2.75) is 20.3 Å². The van der Waals surface area contributed by atoms with Gasteiger partial charge in [0, 0.05) is 28.0 Å². The number of hydrogen-bond donors (Lipinski definition) is 2. The molecule has 0 aliphatic carbocycles. The molecule has 0 saturated carbocycles. The van der Waals surface area contributed by atoms with E-state index in [2.05, 4.69) is 52.5 Å². The highest BCUT2D eigenvalue weighted by Crippen LogP contribution is 2.30. The summed E-state index contributed by atoms with van der Waals surface area (Å²) in [5.74, 6) is 2.49. The molecule has 4 nitrogen and oxygen atoms in total. The topological polar surface area (TPSA) is 49.8 Å². The minimum Gasteiger partial charge on any atom is -0.373 e. The molecule has 0 atom stereocenters. The Balaban J connectivity index is 2.42. The van der Waals surface area contributed by atoms with Gasteiger partial charge in [-0.25, -0.2) is 9.97 Å². The van der Waals surface area contributed by atoms with Crippen LogP contribution in [0.5, 0.6) is 0 Å². The zero-order chi connectivity index (χ0) is 14.7. The molecule has 2 aromatic rings. The number of aromatic nitrogens is 2. The van der Waals surface area contributed by atoms with Crippen molar-refractivity contribution < 1.29 is 0 Å². The van der Waals surface area contributed by atoms with Crippen LogP contribution in [-0.4, -0.2) is 17.0 Å². The van der Waals surface area contributed by atoms with Crippen LogP contribution in [-0.2, 0) is 6.42 Å². The molecule has 6 heteroatoms. The predicted octanol–water partition coefficient (Wildman–Crippen LogP) is 4.66. The Labute approximate surface area is 135 Å². The SMILES string of the molecule is CCc1nc(NC)c(C)c(Nc2ccc(Br)cc2Br)n1. The van der Waals surface area contributed by atoms with Gasteiger partial charge in [-0.1, -0.05) is 22.9 Å². The van der Waals surface area contributed by atoms with Gasteiger partial charge >= 0.3 is 0 Å². The lowest BCUT2D eigenvalue weighted by molar-refractivity contribution is 0.935. The summed E-state index contributed by atoms with van der Waals surface area (Å²) in [6.45, 7) is 4.05. The number of anilines is 3. The fraction of sp³-hybridized carbons (Fsp3) is 0.286. The molecule has 1 aromatic heterocycles. The van der Waals surface area contributed by atoms with Crippen molar-refractivity contribution in [3.8, 4) is 0 Å². The van der Waals surface area contributed by atoms with Crippen molar-refractivity contribution in [2.75, 3.05) is 17.7 Å². The molecule has 0 aliphatic rings. The van der Waals surface area contributed by atoms with Crippen LogP contribution >= 0.6 is 31.9 Å². The molecule has 0 fully saturated rings. The Morgan fingerprint density at radius 3 is 2.45 bits per heavy atom. The lowest BCUT2D eigenvalue weighted by Crippen LogP contribution is -2.07. The summed E-state index contributed by atoms with van der Waals surface area (Å²) in [5.41, 5.74) is 1.97. The summed E-state index contributed by atoms with van der Waals surface area (Å²) in [7, 11) is 1.87. The van der Waals surface area contributed by atoms with E-state index in [0.29, 0.717) is 0 Å². The molecule has 1 aromatic carbocycles. The maximum Gasteiger partial charge on any atom is 0.139 e. The van der Waals surface area contributed by atoms with E-state index in [-0.39, 0.29) is 0 Å². The second-order valence-corrected chi connectivity index (χ2v) is 6.08. The quantitative estimate of drug-likeness (QED) is 0.784. The summed E-state index contributed by atoms with van der Waals surface area (Å²) in [4.78, 5) is 9.03. The van der Waals surface area contributed by atoms with Gasteiger partial charge in [0.2, 0.25) is 0 Å². The number of rotatable bonds is 4. The summed E-state index contributed by atoms with van der Waals surface area (Å²) in [6.07, 6.45) is 0.797. The summed E-state index contributed by atoms with van der Waals surface area (Å²) in [6, 6.07) is 5.99. The second-order valence-electron chi connectivity index (χ2n) is 4.31. The van der Waals surface area contributed by atoms with E-state index < -0.39 is 0 Å². The first-order chi connectivity index (χ1) is 9.55. The van der Waals surface area contributed by atoms with Crippen molar-refractivity contribution in [3.63, 3.8) is 0 Å². The molecule has 0 saturated heterocycles. The number of benzene rings is 1. The monoisotopic (exact) mass is 398 g/mol. The van der Waals surface area contributed by atoms with Crippen LogP contribution in [0.3, 0.4) is 0 Å². The fourth-order valence-electron chi connectivity index (χ4n) is 1.80. The van der Waals surface area contributed by atoms with E-state index >= 15 is 0 Å². The van der Waals surface area contributed by atoms with Gasteiger partial charge in [-0.05, 0) is 41.1 Å². The van der Waals surface area contributed by atoms with E-state index in [4.69, 9.17) is 0 Å². The number of halogens is 2. The average Bonchev–Trinajstić information content (AvgIpc) is 2.43. The van der Waals surface area contributed by atoms with Crippen molar-refractivity contribution in [1.82, 2.24) is 9.97 Å². The predicted molar refractivity (Wildman–Crippen MR) is 90.8 cm³/mol. The normalized spacial score (nSPS) is 10.4. The minimum absolute atomic E-state index is 0.797. The van der Waals surface area contributed by atoms with Crippen LogP contribution < -0.4 is 10.6 Å². The lowest BCUT2D eigenvalue weighted by atomic mass is 10.2. The standard InChI is InChI=1S/C14H16Br2N4/c1-4-12-19-13(17-3)8(2)14(20-12)18-11-6-5-9(15)7-10(11)16/h5-7H,4H2,1-3H3,(H2,17,18,19,20). The van der Waals surface area contributed by atoms with E-state index in [1.165, 1.54) is 0 Å². The molecule has 1 heterocycles. The number of nitrogens with one attached hydrogen (secondary N) is 2. The molecule has 0 aliphatic heterocycles. The van der Waals surface area contributed by atoms with Gasteiger partial charge in [0.25, 0.3) is 0 Å². The molecule has 0 amide bonds. The first-order valence-corrected chi connectivity index (χ1v) is 7.91. The van der Waals surface area contributed by atoms with Crippen molar-refractivity contribution >= 4 is 49.2 Å². The van der Waals surface area contributed by atoms with Gasteiger partial charge in [0.15, 0.2) is 0 Å². The highest BCUT2D eigenvalue weighted by atomic mass is 79.9. The Kier molecular flexibility index (Phi) is 4.99. The first-order valence-electron chi connectivity index (χ1n) is 6.32.